The van der Waals surface area contributed by atoms with Crippen LogP contribution in [-0.2, 0) is 9.47 Å². The van der Waals surface area contributed by atoms with E-state index in [1.165, 1.54) is 0 Å². The molecule has 4 nitrogen and oxygen atoms in total. The molecule has 88 valence electrons. The number of hydrogen-bond donors (Lipinski definition) is 0. The van der Waals surface area contributed by atoms with Gasteiger partial charge in [0.15, 0.2) is 0 Å². The fourth-order valence-corrected chi connectivity index (χ4v) is 1.74. The highest BCUT2D eigenvalue weighted by Gasteiger charge is 2.27. The normalized spacial score (nSPS) is 21.5. The predicted molar refractivity (Wildman–Crippen MR) is 57.6 cm³/mol. The second-order valence-electron chi connectivity index (χ2n) is 3.71. The molecule has 0 saturated carbocycles. The van der Waals surface area contributed by atoms with Crippen LogP contribution >= 0.6 is 0 Å². The minimum Gasteiger partial charge on any atom is -0.450 e. The molecule has 0 radical (unpaired) electrons. The van der Waals surface area contributed by atoms with Crippen LogP contribution in [0.2, 0.25) is 0 Å². The monoisotopic (exact) mass is 215 g/mol. The van der Waals surface area contributed by atoms with Gasteiger partial charge in [-0.05, 0) is 32.6 Å². The summed E-state index contributed by atoms with van der Waals surface area (Å²) in [6, 6.07) is 0. The number of nitrogens with zero attached hydrogens (tertiary/aromatic N) is 1. The molecule has 0 N–H and O–H groups in total. The molecule has 1 atom stereocenters. The molecule has 0 aromatic rings. The summed E-state index contributed by atoms with van der Waals surface area (Å²) in [7, 11) is 0. The molecule has 1 fully saturated rings. The summed E-state index contributed by atoms with van der Waals surface area (Å²) >= 11 is 0. The maximum absolute atomic E-state index is 11.6. The molecule has 0 aromatic carbocycles. The quantitative estimate of drug-likeness (QED) is 0.722. The van der Waals surface area contributed by atoms with Gasteiger partial charge in [0.1, 0.15) is 6.23 Å². The Kier molecular flexibility index (Phi) is 5.47. The van der Waals surface area contributed by atoms with Crippen LogP contribution < -0.4 is 0 Å². The van der Waals surface area contributed by atoms with E-state index in [0.717, 1.165) is 32.2 Å². The average molecular weight is 215 g/mol. The van der Waals surface area contributed by atoms with Gasteiger partial charge in [-0.2, -0.15) is 0 Å². The smallest absolute Gasteiger partial charge is 0.411 e. The second kappa shape index (κ2) is 6.67. The first-order valence-corrected chi connectivity index (χ1v) is 5.84. The number of rotatable bonds is 4. The number of carbonyl (C=O) groups excluding carboxylic acids is 1. The van der Waals surface area contributed by atoms with E-state index in [9.17, 15) is 4.79 Å². The standard InChI is InChI=1S/C11H21NO3/c1-3-9-15-10-7-5-6-8-12(10)11(13)14-4-2/h10H,3-9H2,1-2H3. The van der Waals surface area contributed by atoms with Gasteiger partial charge in [-0.15, -0.1) is 0 Å². The van der Waals surface area contributed by atoms with Crippen molar-refractivity contribution in [3.8, 4) is 0 Å². The van der Waals surface area contributed by atoms with Crippen molar-refractivity contribution < 1.29 is 14.3 Å². The van der Waals surface area contributed by atoms with Gasteiger partial charge < -0.3 is 9.47 Å². The highest BCUT2D eigenvalue weighted by Crippen LogP contribution is 2.19. The Balaban J connectivity index is 2.45. The Hall–Kier alpha value is -0.770. The number of piperidine rings is 1. The summed E-state index contributed by atoms with van der Waals surface area (Å²) in [4.78, 5) is 13.3. The predicted octanol–water partition coefficient (Wildman–Crippen LogP) is 2.38. The van der Waals surface area contributed by atoms with Crippen LogP contribution in [0.25, 0.3) is 0 Å². The maximum atomic E-state index is 11.6. The SMILES string of the molecule is CCCOC1CCCCN1C(=O)OCC. The van der Waals surface area contributed by atoms with E-state index in [-0.39, 0.29) is 12.3 Å². The number of ether oxygens (including phenoxy) is 2. The van der Waals surface area contributed by atoms with Gasteiger partial charge >= 0.3 is 6.09 Å². The molecule has 1 amide bonds. The summed E-state index contributed by atoms with van der Waals surface area (Å²) in [5, 5.41) is 0. The van der Waals surface area contributed by atoms with Crippen LogP contribution in [0.4, 0.5) is 4.79 Å². The Labute approximate surface area is 91.5 Å². The molecule has 0 aromatic heterocycles. The number of carbonyl (C=O) groups is 1. The molecule has 0 spiro atoms. The second-order valence-corrected chi connectivity index (χ2v) is 3.71. The zero-order valence-electron chi connectivity index (χ0n) is 9.70. The van der Waals surface area contributed by atoms with Gasteiger partial charge in [0.2, 0.25) is 0 Å². The van der Waals surface area contributed by atoms with E-state index >= 15 is 0 Å². The number of amides is 1. The maximum Gasteiger partial charge on any atom is 0.411 e. The van der Waals surface area contributed by atoms with Crippen molar-refractivity contribution in [3.63, 3.8) is 0 Å². The molecular weight excluding hydrogens is 194 g/mol. The van der Waals surface area contributed by atoms with E-state index in [0.29, 0.717) is 13.2 Å². The Bertz CT molecular complexity index is 196. The first-order chi connectivity index (χ1) is 7.29. The highest BCUT2D eigenvalue weighted by atomic mass is 16.6. The summed E-state index contributed by atoms with van der Waals surface area (Å²) in [5.74, 6) is 0. The minimum atomic E-state index is -0.238. The van der Waals surface area contributed by atoms with Crippen LogP contribution in [0.3, 0.4) is 0 Å². The Morgan fingerprint density at radius 1 is 1.40 bits per heavy atom. The highest BCUT2D eigenvalue weighted by molar-refractivity contribution is 5.67. The van der Waals surface area contributed by atoms with E-state index in [1.807, 2.05) is 6.92 Å². The number of hydrogen-bond acceptors (Lipinski definition) is 3. The largest absolute Gasteiger partial charge is 0.450 e. The lowest BCUT2D eigenvalue weighted by molar-refractivity contribution is -0.0707. The van der Waals surface area contributed by atoms with Crippen LogP contribution in [0.1, 0.15) is 39.5 Å². The average Bonchev–Trinajstić information content (AvgIpc) is 2.27. The molecule has 1 unspecified atom stereocenters. The van der Waals surface area contributed by atoms with Crippen molar-refractivity contribution in [3.05, 3.63) is 0 Å². The molecule has 4 heteroatoms. The Morgan fingerprint density at radius 2 is 2.20 bits per heavy atom. The van der Waals surface area contributed by atoms with Gasteiger partial charge in [0.25, 0.3) is 0 Å². The summed E-state index contributed by atoms with van der Waals surface area (Å²) < 4.78 is 10.6. The molecule has 15 heavy (non-hydrogen) atoms. The topological polar surface area (TPSA) is 38.8 Å². The lowest BCUT2D eigenvalue weighted by Gasteiger charge is -2.34. The summed E-state index contributed by atoms with van der Waals surface area (Å²) in [5.41, 5.74) is 0. The number of likely N-dealkylation sites (tertiary alicyclic amines) is 1. The van der Waals surface area contributed by atoms with E-state index in [2.05, 4.69) is 6.92 Å². The van der Waals surface area contributed by atoms with Gasteiger partial charge in [0.05, 0.1) is 6.61 Å². The van der Waals surface area contributed by atoms with Gasteiger partial charge in [-0.3, -0.25) is 4.90 Å². The van der Waals surface area contributed by atoms with Crippen molar-refractivity contribution in [1.82, 2.24) is 4.90 Å². The van der Waals surface area contributed by atoms with Crippen LogP contribution in [0.5, 0.6) is 0 Å². The van der Waals surface area contributed by atoms with Crippen molar-refractivity contribution in [2.24, 2.45) is 0 Å². The fourth-order valence-electron chi connectivity index (χ4n) is 1.74. The van der Waals surface area contributed by atoms with Crippen molar-refractivity contribution >= 4 is 6.09 Å². The third-order valence-electron chi connectivity index (χ3n) is 2.46. The summed E-state index contributed by atoms with van der Waals surface area (Å²) in [6.07, 6.45) is 3.78. The van der Waals surface area contributed by atoms with Gasteiger partial charge in [0, 0.05) is 13.2 Å². The molecule has 1 saturated heterocycles. The summed E-state index contributed by atoms with van der Waals surface area (Å²) in [6.45, 7) is 5.78. The molecule has 0 aliphatic carbocycles. The van der Waals surface area contributed by atoms with Gasteiger partial charge in [-0.25, -0.2) is 4.79 Å². The van der Waals surface area contributed by atoms with Crippen molar-refractivity contribution in [1.29, 1.82) is 0 Å². The molecule has 1 aliphatic rings. The zero-order chi connectivity index (χ0) is 11.1. The van der Waals surface area contributed by atoms with E-state index in [4.69, 9.17) is 9.47 Å². The molecular formula is C11H21NO3. The van der Waals surface area contributed by atoms with Crippen molar-refractivity contribution in [2.75, 3.05) is 19.8 Å². The first kappa shape index (κ1) is 12.3. The van der Waals surface area contributed by atoms with Crippen LogP contribution in [-0.4, -0.2) is 37.0 Å². The van der Waals surface area contributed by atoms with Crippen molar-refractivity contribution in [2.45, 2.75) is 45.8 Å². The van der Waals surface area contributed by atoms with E-state index in [1.54, 1.807) is 4.90 Å². The molecule has 1 aliphatic heterocycles. The lowest BCUT2D eigenvalue weighted by atomic mass is 10.1. The van der Waals surface area contributed by atoms with Gasteiger partial charge in [-0.1, -0.05) is 6.92 Å². The molecule has 1 heterocycles. The lowest BCUT2D eigenvalue weighted by Crippen LogP contribution is -2.45. The van der Waals surface area contributed by atoms with E-state index < -0.39 is 0 Å². The van der Waals surface area contributed by atoms with Crippen LogP contribution in [0, 0.1) is 0 Å². The zero-order valence-corrected chi connectivity index (χ0v) is 9.70. The third kappa shape index (κ3) is 3.70. The molecule has 0 bridgehead atoms. The Morgan fingerprint density at radius 3 is 2.87 bits per heavy atom. The minimum absolute atomic E-state index is 0.0715. The van der Waals surface area contributed by atoms with Crippen LogP contribution in [0.15, 0.2) is 0 Å². The molecule has 1 rings (SSSR count). The third-order valence-corrected chi connectivity index (χ3v) is 2.46. The first-order valence-electron chi connectivity index (χ1n) is 5.84. The fraction of sp³-hybridized carbons (Fsp3) is 0.909.